The summed E-state index contributed by atoms with van der Waals surface area (Å²) >= 11 is 0. The molecule has 12 rings (SSSR count). The van der Waals surface area contributed by atoms with Crippen molar-refractivity contribution in [3.8, 4) is 84.4 Å². The molecule has 0 radical (unpaired) electrons. The molecule has 2 heterocycles. The highest BCUT2D eigenvalue weighted by Crippen LogP contribution is 2.50. The van der Waals surface area contributed by atoms with Gasteiger partial charge < -0.3 is 4.57 Å². The molecule has 4 heteroatoms. The molecular formula is C60H42N4. The fraction of sp³-hybridized carbons (Fsp3) is 0.0500. The first kappa shape index (κ1) is 37.5. The summed E-state index contributed by atoms with van der Waals surface area (Å²) in [5, 5.41) is 2.41. The highest BCUT2D eigenvalue weighted by Gasteiger charge is 2.35. The van der Waals surface area contributed by atoms with Crippen LogP contribution in [0, 0.1) is 0 Å². The van der Waals surface area contributed by atoms with Crippen LogP contribution in [-0.4, -0.2) is 19.5 Å². The molecule has 2 aromatic heterocycles. The lowest BCUT2D eigenvalue weighted by Gasteiger charge is -2.22. The van der Waals surface area contributed by atoms with E-state index in [0.29, 0.717) is 17.5 Å². The zero-order valence-corrected chi connectivity index (χ0v) is 35.6. The third-order valence-electron chi connectivity index (χ3n) is 13.1. The molecule has 0 saturated heterocycles. The summed E-state index contributed by atoms with van der Waals surface area (Å²) in [5.41, 5.74) is 18.6. The summed E-state index contributed by atoms with van der Waals surface area (Å²) in [7, 11) is 0. The second-order valence-electron chi connectivity index (χ2n) is 17.2. The predicted molar refractivity (Wildman–Crippen MR) is 264 cm³/mol. The normalized spacial score (nSPS) is 12.7. The Kier molecular flexibility index (Phi) is 8.80. The Bertz CT molecular complexity index is 3570. The maximum absolute atomic E-state index is 5.15. The summed E-state index contributed by atoms with van der Waals surface area (Å²) in [6.45, 7) is 4.70. The van der Waals surface area contributed by atoms with E-state index in [1.165, 1.54) is 60.8 Å². The monoisotopic (exact) mass is 818 g/mol. The molecule has 0 bridgehead atoms. The topological polar surface area (TPSA) is 43.6 Å². The van der Waals surface area contributed by atoms with Crippen molar-refractivity contribution in [2.45, 2.75) is 19.3 Å². The molecule has 0 N–H and O–H groups in total. The molecule has 1 aliphatic rings. The van der Waals surface area contributed by atoms with E-state index in [0.717, 1.165) is 39.0 Å². The Labute approximate surface area is 372 Å². The molecule has 9 aromatic carbocycles. The lowest BCUT2D eigenvalue weighted by molar-refractivity contribution is 0.660. The van der Waals surface area contributed by atoms with E-state index < -0.39 is 0 Å². The van der Waals surface area contributed by atoms with Gasteiger partial charge in [-0.2, -0.15) is 0 Å². The van der Waals surface area contributed by atoms with Crippen molar-refractivity contribution in [3.63, 3.8) is 0 Å². The highest BCUT2D eigenvalue weighted by atomic mass is 15.0. The molecule has 4 nitrogen and oxygen atoms in total. The number of rotatable bonds is 7. The second kappa shape index (κ2) is 15.0. The zero-order chi connectivity index (χ0) is 42.8. The van der Waals surface area contributed by atoms with Crippen LogP contribution in [0.4, 0.5) is 0 Å². The third-order valence-corrected chi connectivity index (χ3v) is 13.1. The zero-order valence-electron chi connectivity index (χ0n) is 35.6. The molecular weight excluding hydrogens is 777 g/mol. The predicted octanol–water partition coefficient (Wildman–Crippen LogP) is 15.3. The van der Waals surface area contributed by atoms with Crippen LogP contribution in [0.15, 0.2) is 218 Å². The Hall–Kier alpha value is -8.21. The van der Waals surface area contributed by atoms with Crippen molar-refractivity contribution in [2.75, 3.05) is 0 Å². The van der Waals surface area contributed by atoms with Gasteiger partial charge in [0.15, 0.2) is 17.5 Å². The Morgan fingerprint density at radius 3 is 1.53 bits per heavy atom. The van der Waals surface area contributed by atoms with Crippen LogP contribution < -0.4 is 0 Å². The van der Waals surface area contributed by atoms with Crippen LogP contribution in [0.5, 0.6) is 0 Å². The largest absolute Gasteiger partial charge is 0.309 e. The quantitative estimate of drug-likeness (QED) is 0.161. The van der Waals surface area contributed by atoms with E-state index in [1.807, 2.05) is 24.3 Å². The molecule has 11 aromatic rings. The lowest BCUT2D eigenvalue weighted by atomic mass is 9.81. The van der Waals surface area contributed by atoms with Crippen LogP contribution in [0.3, 0.4) is 0 Å². The van der Waals surface area contributed by atoms with Crippen molar-refractivity contribution in [3.05, 3.63) is 230 Å². The van der Waals surface area contributed by atoms with Gasteiger partial charge in [0.05, 0.1) is 11.0 Å². The van der Waals surface area contributed by atoms with E-state index in [2.05, 4.69) is 213 Å². The van der Waals surface area contributed by atoms with Crippen LogP contribution in [0.1, 0.15) is 25.0 Å². The molecule has 0 fully saturated rings. The van der Waals surface area contributed by atoms with Gasteiger partial charge in [0.2, 0.25) is 0 Å². The van der Waals surface area contributed by atoms with Crippen LogP contribution in [0.25, 0.3) is 106 Å². The van der Waals surface area contributed by atoms with Crippen molar-refractivity contribution in [2.24, 2.45) is 0 Å². The van der Waals surface area contributed by atoms with Gasteiger partial charge in [0, 0.05) is 38.6 Å². The van der Waals surface area contributed by atoms with Gasteiger partial charge in [-0.15, -0.1) is 0 Å². The van der Waals surface area contributed by atoms with Gasteiger partial charge in [-0.3, -0.25) is 0 Å². The van der Waals surface area contributed by atoms with Crippen LogP contribution in [-0.2, 0) is 5.41 Å². The van der Waals surface area contributed by atoms with E-state index >= 15 is 0 Å². The number of aromatic nitrogens is 4. The SMILES string of the molecule is CC1(C)c2ccccc2-c2ccc(-c3ccccc3-c3ccc4c5ccccc5n(-c5cccc(-c6nc(-c7ccccc7)nc(-c7ccc(-c8ccccc8)cc7)n6)c5)c4c3)cc21. The fourth-order valence-electron chi connectivity index (χ4n) is 9.85. The first-order chi connectivity index (χ1) is 31.5. The molecule has 1 aliphatic carbocycles. The van der Waals surface area contributed by atoms with Gasteiger partial charge in [-0.25, -0.2) is 15.0 Å². The molecule has 0 amide bonds. The number of hydrogen-bond acceptors (Lipinski definition) is 3. The Morgan fingerprint density at radius 2 is 0.797 bits per heavy atom. The minimum Gasteiger partial charge on any atom is -0.309 e. The average molecular weight is 819 g/mol. The van der Waals surface area contributed by atoms with Gasteiger partial charge in [-0.1, -0.05) is 202 Å². The van der Waals surface area contributed by atoms with Crippen molar-refractivity contribution in [1.82, 2.24) is 19.5 Å². The average Bonchev–Trinajstić information content (AvgIpc) is 3.82. The summed E-state index contributed by atoms with van der Waals surface area (Å²) < 4.78 is 2.39. The number of fused-ring (bicyclic) bond motifs is 6. The van der Waals surface area contributed by atoms with Crippen molar-refractivity contribution >= 4 is 21.8 Å². The molecule has 64 heavy (non-hydrogen) atoms. The lowest BCUT2D eigenvalue weighted by Crippen LogP contribution is -2.14. The number of para-hydroxylation sites is 1. The number of benzene rings is 9. The first-order valence-corrected chi connectivity index (χ1v) is 21.9. The van der Waals surface area contributed by atoms with E-state index in [1.54, 1.807) is 0 Å². The smallest absolute Gasteiger partial charge is 0.164 e. The van der Waals surface area contributed by atoms with E-state index in [-0.39, 0.29) is 5.41 Å². The van der Waals surface area contributed by atoms with E-state index in [9.17, 15) is 0 Å². The summed E-state index contributed by atoms with van der Waals surface area (Å²) in [4.78, 5) is 15.3. The molecule has 302 valence electrons. The maximum atomic E-state index is 5.15. The molecule has 0 saturated carbocycles. The van der Waals surface area contributed by atoms with Gasteiger partial charge >= 0.3 is 0 Å². The van der Waals surface area contributed by atoms with Gasteiger partial charge in [-0.05, 0) is 86.0 Å². The van der Waals surface area contributed by atoms with Crippen LogP contribution in [0.2, 0.25) is 0 Å². The first-order valence-electron chi connectivity index (χ1n) is 21.9. The van der Waals surface area contributed by atoms with E-state index in [4.69, 9.17) is 15.0 Å². The van der Waals surface area contributed by atoms with Gasteiger partial charge in [0.1, 0.15) is 0 Å². The second-order valence-corrected chi connectivity index (χ2v) is 17.2. The number of hydrogen-bond donors (Lipinski definition) is 0. The minimum atomic E-state index is -0.0780. The molecule has 0 unspecified atom stereocenters. The summed E-state index contributed by atoms with van der Waals surface area (Å²) in [6.07, 6.45) is 0. The molecule has 0 spiro atoms. The highest BCUT2D eigenvalue weighted by molar-refractivity contribution is 6.10. The fourth-order valence-corrected chi connectivity index (χ4v) is 9.85. The Morgan fingerprint density at radius 1 is 0.312 bits per heavy atom. The standard InChI is InChI=1S/C60H42N4/c1-60(2)53-26-13-11-24-49(53)50-34-32-43(37-54(50)60)47-22-9-10-23-48(47)44-33-35-52-51-25-12-14-27-55(51)64(56(52)38-44)46-21-15-20-45(36-46)59-62-57(41-18-7-4-8-19-41)61-58(63-59)42-30-28-40(29-31-42)39-16-5-3-6-17-39/h3-38H,1-2H3. The minimum absolute atomic E-state index is 0.0780. The number of nitrogens with zero attached hydrogens (tertiary/aromatic N) is 4. The van der Waals surface area contributed by atoms with Crippen molar-refractivity contribution < 1.29 is 0 Å². The maximum Gasteiger partial charge on any atom is 0.164 e. The van der Waals surface area contributed by atoms with Crippen LogP contribution >= 0.6 is 0 Å². The molecule has 0 atom stereocenters. The van der Waals surface area contributed by atoms with Crippen molar-refractivity contribution in [1.29, 1.82) is 0 Å². The summed E-state index contributed by atoms with van der Waals surface area (Å²) in [6, 6.07) is 78.0. The third kappa shape index (κ3) is 6.26. The Balaban J connectivity index is 0.976. The summed E-state index contributed by atoms with van der Waals surface area (Å²) in [5.74, 6) is 1.88. The van der Waals surface area contributed by atoms with Gasteiger partial charge in [0.25, 0.3) is 0 Å². The molecule has 0 aliphatic heterocycles.